The number of amides is 1. The van der Waals surface area contributed by atoms with Crippen LogP contribution in [0.4, 0.5) is 0 Å². The van der Waals surface area contributed by atoms with E-state index in [1.165, 1.54) is 17.9 Å². The van der Waals surface area contributed by atoms with E-state index >= 15 is 0 Å². The van der Waals surface area contributed by atoms with Crippen molar-refractivity contribution in [3.63, 3.8) is 0 Å². The minimum Gasteiger partial charge on any atom is -0.345 e. The van der Waals surface area contributed by atoms with Gasteiger partial charge in [0, 0.05) is 12.8 Å². The molecular formula is C7H13N2O+. The van der Waals surface area contributed by atoms with E-state index in [1.54, 1.807) is 0 Å². The van der Waals surface area contributed by atoms with E-state index in [1.807, 2.05) is 0 Å². The van der Waals surface area contributed by atoms with Crippen molar-refractivity contribution in [1.29, 1.82) is 0 Å². The van der Waals surface area contributed by atoms with Gasteiger partial charge in [-0.1, -0.05) is 0 Å². The van der Waals surface area contributed by atoms with Crippen LogP contribution in [0.3, 0.4) is 0 Å². The van der Waals surface area contributed by atoms with Gasteiger partial charge in [0.15, 0.2) is 6.04 Å². The Morgan fingerprint density at radius 3 is 3.20 bits per heavy atom. The Balaban J connectivity index is 2.10. The lowest BCUT2D eigenvalue weighted by Crippen LogP contribution is -3.17. The number of carbonyl (C=O) groups excluding carboxylic acids is 1. The molecule has 2 unspecified atom stereocenters. The molecular weight excluding hydrogens is 128 g/mol. The number of piperazine rings is 1. The summed E-state index contributed by atoms with van der Waals surface area (Å²) in [6.07, 6.45) is 2.33. The standard InChI is InChI=1S/C7H12N2O/c10-7-6-2-1-4-9(6)5-3-8-7/h6H,1-5H2,(H,8,10)/p+1. The molecule has 0 aromatic carbocycles. The van der Waals surface area contributed by atoms with Crippen molar-refractivity contribution in [3.05, 3.63) is 0 Å². The van der Waals surface area contributed by atoms with E-state index in [9.17, 15) is 4.79 Å². The molecule has 2 fully saturated rings. The van der Waals surface area contributed by atoms with E-state index in [-0.39, 0.29) is 5.91 Å². The second-order valence-electron chi connectivity index (χ2n) is 3.14. The van der Waals surface area contributed by atoms with Gasteiger partial charge in [0.05, 0.1) is 19.6 Å². The van der Waals surface area contributed by atoms with Crippen molar-refractivity contribution in [3.8, 4) is 0 Å². The second-order valence-corrected chi connectivity index (χ2v) is 3.14. The van der Waals surface area contributed by atoms with Crippen LogP contribution in [-0.2, 0) is 4.79 Å². The SMILES string of the molecule is O=C1NCC[NH+]2CCCC12. The van der Waals surface area contributed by atoms with E-state index < -0.39 is 0 Å². The summed E-state index contributed by atoms with van der Waals surface area (Å²) >= 11 is 0. The fourth-order valence-corrected chi connectivity index (χ4v) is 2.00. The van der Waals surface area contributed by atoms with Crippen LogP contribution in [0.5, 0.6) is 0 Å². The molecule has 0 spiro atoms. The molecule has 0 aromatic rings. The molecule has 3 nitrogen and oxygen atoms in total. The first-order valence-corrected chi connectivity index (χ1v) is 4.00. The average Bonchev–Trinajstić information content (AvgIpc) is 2.36. The van der Waals surface area contributed by atoms with Gasteiger partial charge in [-0.25, -0.2) is 0 Å². The molecule has 10 heavy (non-hydrogen) atoms. The van der Waals surface area contributed by atoms with Gasteiger partial charge in [-0.3, -0.25) is 4.79 Å². The fraction of sp³-hybridized carbons (Fsp3) is 0.857. The predicted octanol–water partition coefficient (Wildman–Crippen LogP) is -1.84. The van der Waals surface area contributed by atoms with Crippen LogP contribution in [0.2, 0.25) is 0 Å². The molecule has 0 saturated carbocycles. The van der Waals surface area contributed by atoms with Gasteiger partial charge in [0.1, 0.15) is 0 Å². The molecule has 2 heterocycles. The number of quaternary nitrogens is 1. The number of hydrogen-bond acceptors (Lipinski definition) is 1. The lowest BCUT2D eigenvalue weighted by Gasteiger charge is -2.25. The Hall–Kier alpha value is -0.570. The summed E-state index contributed by atoms with van der Waals surface area (Å²) in [5.74, 6) is 0.277. The van der Waals surface area contributed by atoms with Crippen molar-refractivity contribution in [2.45, 2.75) is 18.9 Å². The lowest BCUT2D eigenvalue weighted by molar-refractivity contribution is -0.904. The summed E-state index contributed by atoms with van der Waals surface area (Å²) < 4.78 is 0. The smallest absolute Gasteiger partial charge is 0.278 e. The lowest BCUT2D eigenvalue weighted by atomic mass is 10.2. The van der Waals surface area contributed by atoms with Gasteiger partial charge < -0.3 is 10.2 Å². The molecule has 3 heteroatoms. The molecule has 2 aliphatic rings. The van der Waals surface area contributed by atoms with Gasteiger partial charge in [0.2, 0.25) is 0 Å². The molecule has 56 valence electrons. The molecule has 2 aliphatic heterocycles. The highest BCUT2D eigenvalue weighted by Crippen LogP contribution is 2.01. The molecule has 1 amide bonds. The summed E-state index contributed by atoms with van der Waals surface area (Å²) in [4.78, 5) is 12.6. The molecule has 2 N–H and O–H groups in total. The topological polar surface area (TPSA) is 33.5 Å². The van der Waals surface area contributed by atoms with Crippen molar-refractivity contribution < 1.29 is 9.69 Å². The van der Waals surface area contributed by atoms with E-state index in [0.29, 0.717) is 6.04 Å². The van der Waals surface area contributed by atoms with Crippen LogP contribution in [0.15, 0.2) is 0 Å². The highest BCUT2D eigenvalue weighted by molar-refractivity contribution is 5.80. The van der Waals surface area contributed by atoms with Gasteiger partial charge >= 0.3 is 0 Å². The highest BCUT2D eigenvalue weighted by Gasteiger charge is 2.36. The Morgan fingerprint density at radius 2 is 2.40 bits per heavy atom. The summed E-state index contributed by atoms with van der Waals surface area (Å²) in [6.45, 7) is 3.22. The molecule has 2 atom stereocenters. The minimum absolute atomic E-state index is 0.277. The summed E-state index contributed by atoms with van der Waals surface area (Å²) in [7, 11) is 0. The number of hydrogen-bond donors (Lipinski definition) is 2. The Labute approximate surface area is 60.4 Å². The highest BCUT2D eigenvalue weighted by atomic mass is 16.2. The molecule has 0 aromatic heterocycles. The third kappa shape index (κ3) is 0.814. The van der Waals surface area contributed by atoms with Crippen LogP contribution < -0.4 is 10.2 Å². The Bertz CT molecular complexity index is 158. The fourth-order valence-electron chi connectivity index (χ4n) is 2.00. The first kappa shape index (κ1) is 6.16. The summed E-state index contributed by atoms with van der Waals surface area (Å²) in [6, 6.07) is 0.300. The van der Waals surface area contributed by atoms with Gasteiger partial charge in [-0.05, 0) is 0 Å². The van der Waals surface area contributed by atoms with Gasteiger partial charge in [-0.2, -0.15) is 0 Å². The molecule has 2 saturated heterocycles. The molecule has 0 aliphatic carbocycles. The zero-order valence-corrected chi connectivity index (χ0v) is 6.02. The number of rotatable bonds is 0. The van der Waals surface area contributed by atoms with Crippen molar-refractivity contribution in [1.82, 2.24) is 5.32 Å². The van der Waals surface area contributed by atoms with Crippen molar-refractivity contribution in [2.24, 2.45) is 0 Å². The maximum Gasteiger partial charge on any atom is 0.278 e. The van der Waals surface area contributed by atoms with Gasteiger partial charge in [0.25, 0.3) is 5.91 Å². The Morgan fingerprint density at radius 1 is 1.50 bits per heavy atom. The monoisotopic (exact) mass is 141 g/mol. The van der Waals surface area contributed by atoms with Crippen LogP contribution >= 0.6 is 0 Å². The molecule has 0 radical (unpaired) electrons. The second kappa shape index (κ2) is 2.23. The van der Waals surface area contributed by atoms with Crippen LogP contribution in [0.25, 0.3) is 0 Å². The minimum atomic E-state index is 0.277. The number of fused-ring (bicyclic) bond motifs is 1. The quantitative estimate of drug-likeness (QED) is 0.408. The van der Waals surface area contributed by atoms with Crippen molar-refractivity contribution in [2.75, 3.05) is 19.6 Å². The molecule has 0 bridgehead atoms. The van der Waals surface area contributed by atoms with Crippen LogP contribution in [0.1, 0.15) is 12.8 Å². The summed E-state index contributed by atoms with van der Waals surface area (Å²) in [5, 5.41) is 2.89. The molecule has 2 rings (SSSR count). The Kier molecular flexibility index (Phi) is 1.38. The van der Waals surface area contributed by atoms with Crippen LogP contribution in [-0.4, -0.2) is 31.6 Å². The first-order valence-electron chi connectivity index (χ1n) is 4.00. The maximum atomic E-state index is 11.1. The normalized spacial score (nSPS) is 39.0. The zero-order valence-electron chi connectivity index (χ0n) is 6.02. The average molecular weight is 141 g/mol. The van der Waals surface area contributed by atoms with E-state index in [4.69, 9.17) is 0 Å². The van der Waals surface area contributed by atoms with E-state index in [0.717, 1.165) is 19.5 Å². The largest absolute Gasteiger partial charge is 0.345 e. The first-order chi connectivity index (χ1) is 4.88. The number of carbonyl (C=O) groups is 1. The van der Waals surface area contributed by atoms with Crippen LogP contribution in [0, 0.1) is 0 Å². The van der Waals surface area contributed by atoms with E-state index in [2.05, 4.69) is 5.32 Å². The third-order valence-electron chi connectivity index (χ3n) is 2.55. The predicted molar refractivity (Wildman–Crippen MR) is 36.7 cm³/mol. The zero-order chi connectivity index (χ0) is 6.97. The van der Waals surface area contributed by atoms with Gasteiger partial charge in [-0.15, -0.1) is 0 Å². The van der Waals surface area contributed by atoms with Crippen molar-refractivity contribution >= 4 is 5.91 Å². The number of nitrogens with one attached hydrogen (secondary N) is 2. The summed E-state index contributed by atoms with van der Waals surface area (Å²) in [5.41, 5.74) is 0. The maximum absolute atomic E-state index is 11.1. The third-order valence-corrected chi connectivity index (χ3v) is 2.55.